The highest BCUT2D eigenvalue weighted by molar-refractivity contribution is 5.93. The quantitative estimate of drug-likeness (QED) is 0.408. The number of nitrogen functional groups attached to an aromatic ring is 1. The number of hydrazine groups is 1. The number of carbonyl (C=O) groups excluding carboxylic acids is 1. The molecule has 1 aromatic rings. The van der Waals surface area contributed by atoms with Gasteiger partial charge in [-0.1, -0.05) is 0 Å². The molecule has 1 aromatic heterocycles. The highest BCUT2D eigenvalue weighted by Gasteiger charge is 2.46. The summed E-state index contributed by atoms with van der Waals surface area (Å²) in [5, 5.41) is 10.8. The number of nitrogens with one attached hydrogen (secondary N) is 1. The minimum Gasteiger partial charge on any atom is -0.384 e. The molecule has 0 unspecified atom stereocenters. The van der Waals surface area contributed by atoms with Gasteiger partial charge in [-0.15, -0.1) is 0 Å². The van der Waals surface area contributed by atoms with E-state index in [4.69, 9.17) is 15.3 Å². The van der Waals surface area contributed by atoms with Gasteiger partial charge in [-0.2, -0.15) is 0 Å². The van der Waals surface area contributed by atoms with Crippen molar-refractivity contribution in [2.24, 2.45) is 5.84 Å². The molecule has 1 saturated carbocycles. The number of aromatic nitrogens is 1. The maximum atomic E-state index is 11.4. The Kier molecular flexibility index (Phi) is 3.66. The Hall–Kier alpha value is -1.54. The van der Waals surface area contributed by atoms with Crippen LogP contribution in [0.1, 0.15) is 41.7 Å². The SMILES string of the molecule is NNC(=O)c1ccc(C2(O)CCC3(CC2)OCCO3)nc1. The fraction of sp³-hybridized carbons (Fsp3) is 0.571. The van der Waals surface area contributed by atoms with Crippen LogP contribution in [0.2, 0.25) is 0 Å². The van der Waals surface area contributed by atoms with Crippen LogP contribution in [0.25, 0.3) is 0 Å². The minimum atomic E-state index is -1.00. The van der Waals surface area contributed by atoms with E-state index in [1.807, 2.05) is 5.43 Å². The van der Waals surface area contributed by atoms with E-state index in [-0.39, 0.29) is 0 Å². The van der Waals surface area contributed by atoms with Crippen molar-refractivity contribution >= 4 is 5.91 Å². The van der Waals surface area contributed by atoms with Crippen molar-refractivity contribution in [3.8, 4) is 0 Å². The van der Waals surface area contributed by atoms with Crippen molar-refractivity contribution in [3.63, 3.8) is 0 Å². The molecule has 2 fully saturated rings. The Balaban J connectivity index is 1.73. The number of hydrogen-bond acceptors (Lipinski definition) is 6. The van der Waals surface area contributed by atoms with Crippen LogP contribution in [0.5, 0.6) is 0 Å². The average Bonchev–Trinajstić information content (AvgIpc) is 2.99. The van der Waals surface area contributed by atoms with Gasteiger partial charge in [0, 0.05) is 19.0 Å². The van der Waals surface area contributed by atoms with Crippen LogP contribution in [0.15, 0.2) is 18.3 Å². The van der Waals surface area contributed by atoms with E-state index in [9.17, 15) is 9.90 Å². The summed E-state index contributed by atoms with van der Waals surface area (Å²) in [7, 11) is 0. The number of ether oxygens (including phenoxy) is 2. The number of carbonyl (C=O) groups is 1. The van der Waals surface area contributed by atoms with E-state index in [1.165, 1.54) is 6.20 Å². The molecule has 7 heteroatoms. The maximum absolute atomic E-state index is 11.4. The minimum absolute atomic E-state index is 0.361. The molecule has 2 aliphatic rings. The van der Waals surface area contributed by atoms with Crippen molar-refractivity contribution in [1.82, 2.24) is 10.4 Å². The molecule has 7 nitrogen and oxygen atoms in total. The molecule has 1 aliphatic carbocycles. The molecule has 21 heavy (non-hydrogen) atoms. The third kappa shape index (κ3) is 2.65. The lowest BCUT2D eigenvalue weighted by atomic mass is 9.79. The summed E-state index contributed by atoms with van der Waals surface area (Å²) < 4.78 is 11.3. The maximum Gasteiger partial charge on any atom is 0.266 e. The summed E-state index contributed by atoms with van der Waals surface area (Å²) in [5.41, 5.74) is 1.97. The predicted octanol–water partition coefficient (Wildman–Crippen LogP) is 0.190. The molecule has 1 spiro atoms. The third-order valence-corrected chi connectivity index (χ3v) is 4.29. The lowest BCUT2D eigenvalue weighted by Crippen LogP contribution is -2.42. The first-order valence-corrected chi connectivity index (χ1v) is 7.05. The zero-order valence-corrected chi connectivity index (χ0v) is 11.7. The highest BCUT2D eigenvalue weighted by atomic mass is 16.7. The standard InChI is InChI=1S/C14H19N3O4/c15-17-12(18)10-1-2-11(16-9-10)13(19)3-5-14(6-4-13)20-7-8-21-14/h1-2,9,19H,3-8,15H2,(H,17,18). The molecule has 3 rings (SSSR count). The van der Waals surface area contributed by atoms with Gasteiger partial charge in [0.25, 0.3) is 5.91 Å². The summed E-state index contributed by atoms with van der Waals surface area (Å²) in [6, 6.07) is 3.27. The Morgan fingerprint density at radius 3 is 2.43 bits per heavy atom. The van der Waals surface area contributed by atoms with Crippen molar-refractivity contribution in [2.75, 3.05) is 13.2 Å². The molecule has 0 atom stereocenters. The van der Waals surface area contributed by atoms with E-state index in [2.05, 4.69) is 4.98 Å². The number of nitrogens with zero attached hydrogens (tertiary/aromatic N) is 1. The number of aliphatic hydroxyl groups is 1. The smallest absolute Gasteiger partial charge is 0.266 e. The van der Waals surface area contributed by atoms with E-state index in [0.717, 1.165) is 0 Å². The zero-order chi connectivity index (χ0) is 14.9. The fourth-order valence-corrected chi connectivity index (χ4v) is 2.97. The second-order valence-corrected chi connectivity index (χ2v) is 5.54. The summed E-state index contributed by atoms with van der Waals surface area (Å²) in [4.78, 5) is 15.6. The largest absolute Gasteiger partial charge is 0.384 e. The Morgan fingerprint density at radius 2 is 1.90 bits per heavy atom. The monoisotopic (exact) mass is 293 g/mol. The summed E-state index contributed by atoms with van der Waals surface area (Å²) in [6.45, 7) is 1.22. The van der Waals surface area contributed by atoms with Crippen LogP contribution in [0.4, 0.5) is 0 Å². The van der Waals surface area contributed by atoms with Crippen LogP contribution in [-0.2, 0) is 15.1 Å². The van der Waals surface area contributed by atoms with E-state index in [0.29, 0.717) is 50.2 Å². The fourth-order valence-electron chi connectivity index (χ4n) is 2.97. The molecule has 1 aliphatic heterocycles. The highest BCUT2D eigenvalue weighted by Crippen LogP contribution is 2.44. The van der Waals surface area contributed by atoms with E-state index >= 15 is 0 Å². The van der Waals surface area contributed by atoms with Crippen molar-refractivity contribution in [3.05, 3.63) is 29.6 Å². The Labute approximate surface area is 122 Å². The van der Waals surface area contributed by atoms with Crippen LogP contribution >= 0.6 is 0 Å². The van der Waals surface area contributed by atoms with Crippen LogP contribution in [0, 0.1) is 0 Å². The van der Waals surface area contributed by atoms with E-state index < -0.39 is 17.3 Å². The molecule has 0 aromatic carbocycles. The normalized spacial score (nSPS) is 23.1. The predicted molar refractivity (Wildman–Crippen MR) is 72.9 cm³/mol. The van der Waals surface area contributed by atoms with Crippen LogP contribution in [-0.4, -0.2) is 35.0 Å². The second-order valence-electron chi connectivity index (χ2n) is 5.54. The average molecular weight is 293 g/mol. The topological polar surface area (TPSA) is 107 Å². The molecule has 114 valence electrons. The second kappa shape index (κ2) is 5.34. The molecular weight excluding hydrogens is 274 g/mol. The van der Waals surface area contributed by atoms with Gasteiger partial charge in [-0.25, -0.2) is 5.84 Å². The molecule has 1 saturated heterocycles. The number of nitrogens with two attached hydrogens (primary N) is 1. The van der Waals surface area contributed by atoms with Crippen LogP contribution in [0.3, 0.4) is 0 Å². The van der Waals surface area contributed by atoms with E-state index in [1.54, 1.807) is 12.1 Å². The first-order chi connectivity index (χ1) is 10.1. The van der Waals surface area contributed by atoms with Gasteiger partial charge in [0.2, 0.25) is 0 Å². The lowest BCUT2D eigenvalue weighted by molar-refractivity contribution is -0.204. The zero-order valence-electron chi connectivity index (χ0n) is 11.7. The van der Waals surface area contributed by atoms with Crippen molar-refractivity contribution in [2.45, 2.75) is 37.1 Å². The number of hydrogen-bond donors (Lipinski definition) is 3. The van der Waals surface area contributed by atoms with Crippen molar-refractivity contribution < 1.29 is 19.4 Å². The van der Waals surface area contributed by atoms with Gasteiger partial charge >= 0.3 is 0 Å². The summed E-state index contributed by atoms with van der Waals surface area (Å²) in [5.74, 6) is 4.14. The number of amides is 1. The van der Waals surface area contributed by atoms with Gasteiger partial charge in [0.1, 0.15) is 5.60 Å². The summed E-state index contributed by atoms with van der Waals surface area (Å²) >= 11 is 0. The van der Waals surface area contributed by atoms with Gasteiger partial charge < -0.3 is 14.6 Å². The molecule has 0 bridgehead atoms. The molecule has 1 amide bonds. The first-order valence-electron chi connectivity index (χ1n) is 7.05. The number of pyridine rings is 1. The van der Waals surface area contributed by atoms with Gasteiger partial charge in [-0.05, 0) is 25.0 Å². The van der Waals surface area contributed by atoms with Gasteiger partial charge in [-0.3, -0.25) is 15.2 Å². The first kappa shape index (κ1) is 14.4. The number of rotatable bonds is 2. The molecule has 4 N–H and O–H groups in total. The Morgan fingerprint density at radius 1 is 1.24 bits per heavy atom. The summed E-state index contributed by atoms with van der Waals surface area (Å²) in [6.07, 6.45) is 3.72. The lowest BCUT2D eigenvalue weighted by Gasteiger charge is -2.40. The Bertz CT molecular complexity index is 516. The van der Waals surface area contributed by atoms with Gasteiger partial charge in [0.15, 0.2) is 5.79 Å². The molecular formula is C14H19N3O4. The molecule has 0 radical (unpaired) electrons. The van der Waals surface area contributed by atoms with Gasteiger partial charge in [0.05, 0.1) is 24.5 Å². The van der Waals surface area contributed by atoms with Crippen LogP contribution < -0.4 is 11.3 Å². The third-order valence-electron chi connectivity index (χ3n) is 4.29. The van der Waals surface area contributed by atoms with Crippen molar-refractivity contribution in [1.29, 1.82) is 0 Å². The molecule has 2 heterocycles.